The van der Waals surface area contributed by atoms with E-state index in [2.05, 4.69) is 9.47 Å². The molecule has 1 rings (SSSR count). The van der Waals surface area contributed by atoms with Gasteiger partial charge in [0, 0.05) is 13.8 Å². The van der Waals surface area contributed by atoms with Gasteiger partial charge in [-0.2, -0.15) is 0 Å². The lowest BCUT2D eigenvalue weighted by Gasteiger charge is -2.23. The fourth-order valence-electron chi connectivity index (χ4n) is 1.27. The fourth-order valence-corrected chi connectivity index (χ4v) is 1.27. The van der Waals surface area contributed by atoms with E-state index in [4.69, 9.17) is 5.21 Å². The van der Waals surface area contributed by atoms with E-state index in [1.54, 1.807) is 0 Å². The number of rotatable bonds is 2. The standard InChI is InChI=1S/C8H9NO7/c1-4(10)15-8(16-5(2)11)3-6(12)9(14)7(8)13/h14H,3H2,1-2H3. The van der Waals surface area contributed by atoms with Crippen LogP contribution in [0, 0.1) is 0 Å². The molecule has 16 heavy (non-hydrogen) atoms. The molecule has 8 heteroatoms. The minimum absolute atomic E-state index is 0.244. The van der Waals surface area contributed by atoms with Gasteiger partial charge in [-0.3, -0.25) is 24.4 Å². The highest BCUT2D eigenvalue weighted by Gasteiger charge is 2.58. The molecule has 0 saturated carbocycles. The molecule has 0 radical (unpaired) electrons. The van der Waals surface area contributed by atoms with E-state index in [-0.39, 0.29) is 5.06 Å². The first-order chi connectivity index (χ1) is 7.28. The second-order valence-electron chi connectivity index (χ2n) is 3.13. The summed E-state index contributed by atoms with van der Waals surface area (Å²) < 4.78 is 9.02. The molecule has 1 fully saturated rings. The zero-order valence-corrected chi connectivity index (χ0v) is 8.55. The smallest absolute Gasteiger partial charge is 0.348 e. The highest BCUT2D eigenvalue weighted by Crippen LogP contribution is 2.28. The molecule has 2 amide bonds. The van der Waals surface area contributed by atoms with Gasteiger partial charge in [0.2, 0.25) is 0 Å². The second kappa shape index (κ2) is 3.89. The van der Waals surface area contributed by atoms with Crippen LogP contribution in [0.3, 0.4) is 0 Å². The average molecular weight is 231 g/mol. The Morgan fingerprint density at radius 2 is 1.69 bits per heavy atom. The largest absolute Gasteiger partial charge is 0.413 e. The van der Waals surface area contributed by atoms with Crippen molar-refractivity contribution in [2.45, 2.75) is 26.1 Å². The van der Waals surface area contributed by atoms with E-state index < -0.39 is 36.0 Å². The minimum atomic E-state index is -2.37. The van der Waals surface area contributed by atoms with Gasteiger partial charge in [0.05, 0.1) is 0 Å². The molecule has 1 heterocycles. The topological polar surface area (TPSA) is 110 Å². The van der Waals surface area contributed by atoms with Gasteiger partial charge in [-0.05, 0) is 0 Å². The second-order valence-corrected chi connectivity index (χ2v) is 3.13. The Labute approximate surface area is 89.7 Å². The molecule has 1 saturated heterocycles. The molecule has 0 unspecified atom stereocenters. The van der Waals surface area contributed by atoms with Gasteiger partial charge in [0.15, 0.2) is 0 Å². The first-order valence-corrected chi connectivity index (χ1v) is 4.24. The molecule has 0 spiro atoms. The number of hydrogen-bond donors (Lipinski definition) is 1. The number of amides is 2. The number of hydroxylamine groups is 2. The molecule has 0 aromatic carbocycles. The molecule has 1 aliphatic heterocycles. The van der Waals surface area contributed by atoms with Gasteiger partial charge < -0.3 is 9.47 Å². The summed E-state index contributed by atoms with van der Waals surface area (Å²) in [6.07, 6.45) is -0.735. The predicted octanol–water partition coefficient (Wildman–Crippen LogP) is -1.04. The molecular formula is C8H9NO7. The van der Waals surface area contributed by atoms with Crippen LogP contribution in [0.5, 0.6) is 0 Å². The van der Waals surface area contributed by atoms with Crippen LogP contribution in [-0.4, -0.2) is 39.8 Å². The first-order valence-electron chi connectivity index (χ1n) is 4.24. The third-order valence-corrected chi connectivity index (χ3v) is 1.76. The van der Waals surface area contributed by atoms with Crippen LogP contribution in [0.2, 0.25) is 0 Å². The zero-order valence-electron chi connectivity index (χ0n) is 8.55. The normalized spacial score (nSPS) is 18.6. The minimum Gasteiger partial charge on any atom is -0.413 e. The Bertz CT molecular complexity index is 353. The lowest BCUT2D eigenvalue weighted by Crippen LogP contribution is -2.46. The number of carbonyl (C=O) groups excluding carboxylic acids is 4. The maximum Gasteiger partial charge on any atom is 0.348 e. The molecule has 0 aromatic rings. The van der Waals surface area contributed by atoms with E-state index in [9.17, 15) is 19.2 Å². The van der Waals surface area contributed by atoms with Crippen LogP contribution in [0.25, 0.3) is 0 Å². The van der Waals surface area contributed by atoms with Gasteiger partial charge >= 0.3 is 23.6 Å². The van der Waals surface area contributed by atoms with Crippen molar-refractivity contribution < 1.29 is 33.9 Å². The zero-order chi connectivity index (χ0) is 12.5. The Hall–Kier alpha value is -1.96. The van der Waals surface area contributed by atoms with E-state index >= 15 is 0 Å². The third-order valence-electron chi connectivity index (χ3n) is 1.76. The summed E-state index contributed by atoms with van der Waals surface area (Å²) in [5.74, 6) is -6.53. The third kappa shape index (κ3) is 2.01. The van der Waals surface area contributed by atoms with Crippen molar-refractivity contribution in [1.29, 1.82) is 0 Å². The monoisotopic (exact) mass is 231 g/mol. The van der Waals surface area contributed by atoms with Gasteiger partial charge in [-0.1, -0.05) is 0 Å². The van der Waals surface area contributed by atoms with Crippen LogP contribution in [0.4, 0.5) is 0 Å². The van der Waals surface area contributed by atoms with Crippen LogP contribution in [-0.2, 0) is 28.7 Å². The van der Waals surface area contributed by atoms with Crippen LogP contribution < -0.4 is 0 Å². The van der Waals surface area contributed by atoms with Gasteiger partial charge in [-0.15, -0.1) is 5.06 Å². The summed E-state index contributed by atoms with van der Waals surface area (Å²) in [6, 6.07) is 0. The lowest BCUT2D eigenvalue weighted by atomic mass is 10.2. The van der Waals surface area contributed by atoms with Gasteiger partial charge in [0.25, 0.3) is 5.91 Å². The van der Waals surface area contributed by atoms with Crippen molar-refractivity contribution in [3.8, 4) is 0 Å². The maximum atomic E-state index is 11.4. The number of esters is 2. The molecule has 1 aliphatic rings. The molecule has 0 aliphatic carbocycles. The van der Waals surface area contributed by atoms with Crippen LogP contribution in [0.1, 0.15) is 20.3 Å². The highest BCUT2D eigenvalue weighted by molar-refractivity contribution is 6.06. The van der Waals surface area contributed by atoms with Crippen molar-refractivity contribution in [2.75, 3.05) is 0 Å². The van der Waals surface area contributed by atoms with Crippen molar-refractivity contribution in [3.05, 3.63) is 0 Å². The molecule has 1 N–H and O–H groups in total. The molecular weight excluding hydrogens is 222 g/mol. The van der Waals surface area contributed by atoms with Crippen LogP contribution in [0.15, 0.2) is 0 Å². The van der Waals surface area contributed by atoms with Crippen molar-refractivity contribution in [3.63, 3.8) is 0 Å². The van der Waals surface area contributed by atoms with E-state index in [0.717, 1.165) is 13.8 Å². The maximum absolute atomic E-state index is 11.4. The molecule has 0 atom stereocenters. The fraction of sp³-hybridized carbons (Fsp3) is 0.500. The van der Waals surface area contributed by atoms with E-state index in [0.29, 0.717) is 0 Å². The Morgan fingerprint density at radius 3 is 1.94 bits per heavy atom. The average Bonchev–Trinajstić information content (AvgIpc) is 2.29. The number of carbonyl (C=O) groups is 4. The molecule has 0 bridgehead atoms. The number of hydrogen-bond acceptors (Lipinski definition) is 7. The first kappa shape index (κ1) is 12.1. The summed E-state index contributed by atoms with van der Waals surface area (Å²) in [6.45, 7) is 1.95. The Kier molecular flexibility index (Phi) is 2.95. The Morgan fingerprint density at radius 1 is 1.25 bits per heavy atom. The number of imide groups is 1. The van der Waals surface area contributed by atoms with Crippen molar-refractivity contribution in [2.24, 2.45) is 0 Å². The van der Waals surface area contributed by atoms with Gasteiger partial charge in [0.1, 0.15) is 6.42 Å². The van der Waals surface area contributed by atoms with E-state index in [1.807, 2.05) is 0 Å². The highest BCUT2D eigenvalue weighted by atomic mass is 16.7. The molecule has 88 valence electrons. The number of ether oxygens (including phenoxy) is 2. The summed E-state index contributed by atoms with van der Waals surface area (Å²) in [7, 11) is 0. The molecule has 8 nitrogen and oxygen atoms in total. The quantitative estimate of drug-likeness (QED) is 0.279. The van der Waals surface area contributed by atoms with Crippen LogP contribution >= 0.6 is 0 Å². The SMILES string of the molecule is CC(=O)OC1(OC(C)=O)CC(=O)N(O)C1=O. The van der Waals surface area contributed by atoms with Crippen molar-refractivity contribution >= 4 is 23.8 Å². The predicted molar refractivity (Wildman–Crippen MR) is 44.5 cm³/mol. The summed E-state index contributed by atoms with van der Waals surface area (Å²) in [5, 5.41) is 8.74. The summed E-state index contributed by atoms with van der Waals surface area (Å²) in [5.41, 5.74) is 0. The molecule has 0 aromatic heterocycles. The summed E-state index contributed by atoms with van der Waals surface area (Å²) >= 11 is 0. The number of nitrogens with zero attached hydrogens (tertiary/aromatic N) is 1. The van der Waals surface area contributed by atoms with E-state index in [1.165, 1.54) is 0 Å². The van der Waals surface area contributed by atoms with Gasteiger partial charge in [-0.25, -0.2) is 0 Å². The Balaban J connectivity index is 3.05. The van der Waals surface area contributed by atoms with Crippen molar-refractivity contribution in [1.82, 2.24) is 5.06 Å². The lowest BCUT2D eigenvalue weighted by molar-refractivity contribution is -0.228. The summed E-state index contributed by atoms with van der Waals surface area (Å²) in [4.78, 5) is 44.0.